The molecule has 3 aromatic rings. The van der Waals surface area contributed by atoms with Gasteiger partial charge in [0.1, 0.15) is 5.75 Å². The molecule has 1 atom stereocenters. The number of hydrogen-bond donors (Lipinski definition) is 0. The van der Waals surface area contributed by atoms with Crippen LogP contribution in [-0.2, 0) is 12.2 Å². The fraction of sp³-hybridized carbons (Fsp3) is 0.375. The standard InChI is InChI=1S/C16H18N4O3S/c1-4-13-17-16(23-19-13)10(2)24-9-14-18-15(20-22-14)11-7-5-6-8-12(11)21-3/h5-8,10H,4,9H2,1-3H3/t10-/m1/s1. The Balaban J connectivity index is 1.66. The van der Waals surface area contributed by atoms with E-state index in [0.29, 0.717) is 34.9 Å². The van der Waals surface area contributed by atoms with E-state index in [-0.39, 0.29) is 5.25 Å². The van der Waals surface area contributed by atoms with Crippen LogP contribution in [0.4, 0.5) is 0 Å². The van der Waals surface area contributed by atoms with Gasteiger partial charge < -0.3 is 13.8 Å². The van der Waals surface area contributed by atoms with E-state index in [2.05, 4.69) is 20.3 Å². The van der Waals surface area contributed by atoms with Gasteiger partial charge in [0.2, 0.25) is 17.6 Å². The van der Waals surface area contributed by atoms with Crippen molar-refractivity contribution in [1.29, 1.82) is 0 Å². The molecule has 0 aliphatic carbocycles. The Morgan fingerprint density at radius 1 is 1.17 bits per heavy atom. The largest absolute Gasteiger partial charge is 0.496 e. The Hall–Kier alpha value is -2.35. The number of benzene rings is 1. The summed E-state index contributed by atoms with van der Waals surface area (Å²) in [4.78, 5) is 8.77. The summed E-state index contributed by atoms with van der Waals surface area (Å²) in [6.45, 7) is 4.00. The van der Waals surface area contributed by atoms with Crippen molar-refractivity contribution in [3.63, 3.8) is 0 Å². The molecule has 2 heterocycles. The van der Waals surface area contributed by atoms with E-state index in [1.807, 2.05) is 38.1 Å². The molecule has 0 spiro atoms. The minimum atomic E-state index is 0.0550. The fourth-order valence-corrected chi connectivity index (χ4v) is 2.84. The summed E-state index contributed by atoms with van der Waals surface area (Å²) in [5, 5.41) is 8.00. The average Bonchev–Trinajstić information content (AvgIpc) is 3.29. The maximum atomic E-state index is 5.33. The van der Waals surface area contributed by atoms with Crippen LogP contribution in [-0.4, -0.2) is 27.4 Å². The molecule has 0 amide bonds. The highest BCUT2D eigenvalue weighted by atomic mass is 32.2. The summed E-state index contributed by atoms with van der Waals surface area (Å²) >= 11 is 1.60. The summed E-state index contributed by atoms with van der Waals surface area (Å²) in [6, 6.07) is 7.57. The second kappa shape index (κ2) is 7.48. The average molecular weight is 346 g/mol. The Bertz CT molecular complexity index is 802. The lowest BCUT2D eigenvalue weighted by atomic mass is 10.2. The first-order valence-electron chi connectivity index (χ1n) is 7.61. The number of ether oxygens (including phenoxy) is 1. The molecule has 0 fully saturated rings. The monoisotopic (exact) mass is 346 g/mol. The van der Waals surface area contributed by atoms with Crippen molar-refractivity contribution in [2.45, 2.75) is 31.3 Å². The molecule has 0 saturated heterocycles. The van der Waals surface area contributed by atoms with E-state index in [1.165, 1.54) is 0 Å². The molecule has 3 rings (SSSR count). The van der Waals surface area contributed by atoms with Crippen LogP contribution in [0.1, 0.15) is 36.7 Å². The minimum Gasteiger partial charge on any atom is -0.496 e. The fourth-order valence-electron chi connectivity index (χ4n) is 2.10. The molecule has 2 aromatic heterocycles. The van der Waals surface area contributed by atoms with Crippen molar-refractivity contribution in [2.75, 3.05) is 7.11 Å². The zero-order valence-electron chi connectivity index (χ0n) is 13.7. The highest BCUT2D eigenvalue weighted by Crippen LogP contribution is 2.31. The second-order valence-electron chi connectivity index (χ2n) is 5.07. The van der Waals surface area contributed by atoms with Gasteiger partial charge in [-0.2, -0.15) is 9.97 Å². The van der Waals surface area contributed by atoms with Crippen LogP contribution in [0.3, 0.4) is 0 Å². The van der Waals surface area contributed by atoms with Crippen molar-refractivity contribution in [3.05, 3.63) is 41.9 Å². The second-order valence-corrected chi connectivity index (χ2v) is 6.40. The molecule has 0 bridgehead atoms. The smallest absolute Gasteiger partial charge is 0.239 e. The number of rotatable bonds is 7. The molecule has 0 radical (unpaired) electrons. The zero-order chi connectivity index (χ0) is 16.9. The minimum absolute atomic E-state index is 0.0550. The molecule has 8 heteroatoms. The number of thioether (sulfide) groups is 1. The molecule has 126 valence electrons. The van der Waals surface area contributed by atoms with Gasteiger partial charge in [0.15, 0.2) is 5.82 Å². The molecule has 0 aliphatic rings. The number of nitrogens with zero attached hydrogens (tertiary/aromatic N) is 4. The van der Waals surface area contributed by atoms with Crippen molar-refractivity contribution in [3.8, 4) is 17.1 Å². The summed E-state index contributed by atoms with van der Waals surface area (Å²) < 4.78 is 15.9. The Labute approximate surface area is 143 Å². The van der Waals surface area contributed by atoms with Crippen LogP contribution < -0.4 is 4.74 Å². The lowest BCUT2D eigenvalue weighted by molar-refractivity contribution is 0.374. The lowest BCUT2D eigenvalue weighted by Crippen LogP contribution is -1.92. The van der Waals surface area contributed by atoms with E-state index in [4.69, 9.17) is 13.8 Å². The third-order valence-electron chi connectivity index (χ3n) is 3.42. The SMILES string of the molecule is CCc1noc([C@@H](C)SCc2nc(-c3ccccc3OC)no2)n1. The molecule has 0 saturated carbocycles. The maximum absolute atomic E-state index is 5.33. The number of aromatic nitrogens is 4. The summed E-state index contributed by atoms with van der Waals surface area (Å²) in [6.07, 6.45) is 0.757. The van der Waals surface area contributed by atoms with Gasteiger partial charge in [0.05, 0.1) is 23.7 Å². The van der Waals surface area contributed by atoms with E-state index in [0.717, 1.165) is 12.0 Å². The van der Waals surface area contributed by atoms with Crippen molar-refractivity contribution in [1.82, 2.24) is 20.3 Å². The van der Waals surface area contributed by atoms with E-state index >= 15 is 0 Å². The van der Waals surface area contributed by atoms with Crippen LogP contribution in [0.15, 0.2) is 33.3 Å². The highest BCUT2D eigenvalue weighted by molar-refractivity contribution is 7.98. The lowest BCUT2D eigenvalue weighted by Gasteiger charge is -2.03. The van der Waals surface area contributed by atoms with Crippen LogP contribution in [0.25, 0.3) is 11.4 Å². The summed E-state index contributed by atoms with van der Waals surface area (Å²) in [5.74, 6) is 3.66. The van der Waals surface area contributed by atoms with Crippen LogP contribution in [0.2, 0.25) is 0 Å². The number of methoxy groups -OCH3 is 1. The summed E-state index contributed by atoms with van der Waals surface area (Å²) in [5.41, 5.74) is 0.803. The molecule has 0 aliphatic heterocycles. The summed E-state index contributed by atoms with van der Waals surface area (Å²) in [7, 11) is 1.62. The first-order valence-corrected chi connectivity index (χ1v) is 8.66. The van der Waals surface area contributed by atoms with Gasteiger partial charge in [-0.3, -0.25) is 0 Å². The van der Waals surface area contributed by atoms with Crippen molar-refractivity contribution in [2.24, 2.45) is 0 Å². The van der Waals surface area contributed by atoms with Gasteiger partial charge in [0, 0.05) is 6.42 Å². The highest BCUT2D eigenvalue weighted by Gasteiger charge is 2.17. The molecular formula is C16H18N4O3S. The zero-order valence-corrected chi connectivity index (χ0v) is 14.5. The van der Waals surface area contributed by atoms with Crippen LogP contribution in [0.5, 0.6) is 5.75 Å². The first kappa shape index (κ1) is 16.5. The third kappa shape index (κ3) is 3.59. The predicted molar refractivity (Wildman–Crippen MR) is 89.7 cm³/mol. The van der Waals surface area contributed by atoms with E-state index in [1.54, 1.807) is 18.9 Å². The Kier molecular flexibility index (Phi) is 5.14. The van der Waals surface area contributed by atoms with E-state index < -0.39 is 0 Å². The van der Waals surface area contributed by atoms with Gasteiger partial charge in [-0.15, -0.1) is 11.8 Å². The van der Waals surface area contributed by atoms with Gasteiger partial charge in [-0.25, -0.2) is 0 Å². The van der Waals surface area contributed by atoms with Gasteiger partial charge in [-0.1, -0.05) is 29.4 Å². The molecule has 0 unspecified atom stereocenters. The maximum Gasteiger partial charge on any atom is 0.239 e. The van der Waals surface area contributed by atoms with Gasteiger partial charge in [-0.05, 0) is 19.1 Å². The third-order valence-corrected chi connectivity index (χ3v) is 4.54. The van der Waals surface area contributed by atoms with Crippen LogP contribution in [0, 0.1) is 0 Å². The normalized spacial score (nSPS) is 12.3. The molecule has 24 heavy (non-hydrogen) atoms. The number of para-hydroxylation sites is 1. The quantitative estimate of drug-likeness (QED) is 0.640. The van der Waals surface area contributed by atoms with Gasteiger partial charge >= 0.3 is 0 Å². The van der Waals surface area contributed by atoms with Crippen LogP contribution >= 0.6 is 11.8 Å². The number of aryl methyl sites for hydroxylation is 1. The molecule has 0 N–H and O–H groups in total. The predicted octanol–water partition coefficient (Wildman–Crippen LogP) is 3.69. The first-order chi connectivity index (χ1) is 11.7. The van der Waals surface area contributed by atoms with E-state index in [9.17, 15) is 0 Å². The number of hydrogen-bond acceptors (Lipinski definition) is 8. The van der Waals surface area contributed by atoms with Gasteiger partial charge in [0.25, 0.3) is 0 Å². The Morgan fingerprint density at radius 2 is 2.00 bits per heavy atom. The topological polar surface area (TPSA) is 87.1 Å². The Morgan fingerprint density at radius 3 is 2.75 bits per heavy atom. The van der Waals surface area contributed by atoms with Crippen molar-refractivity contribution < 1.29 is 13.8 Å². The molecular weight excluding hydrogens is 328 g/mol. The van der Waals surface area contributed by atoms with Crippen molar-refractivity contribution >= 4 is 11.8 Å². The molecule has 1 aromatic carbocycles. The molecule has 7 nitrogen and oxygen atoms in total.